The van der Waals surface area contributed by atoms with E-state index in [-0.39, 0.29) is 24.0 Å². The predicted molar refractivity (Wildman–Crippen MR) is 58.9 cm³/mol. The Morgan fingerprint density at radius 1 is 1.44 bits per heavy atom. The second-order valence-electron chi connectivity index (χ2n) is 3.76. The summed E-state index contributed by atoms with van der Waals surface area (Å²) in [7, 11) is 0. The lowest BCUT2D eigenvalue weighted by atomic mass is 10.0. The summed E-state index contributed by atoms with van der Waals surface area (Å²) in [5, 5.41) is 35.5. The van der Waals surface area contributed by atoms with Crippen LogP contribution in [0.5, 0.6) is 0 Å². The highest BCUT2D eigenvalue weighted by molar-refractivity contribution is 5.67. The first-order chi connectivity index (χ1) is 8.45. The molecule has 0 aliphatic carbocycles. The molecule has 0 fully saturated rings. The van der Waals surface area contributed by atoms with E-state index in [1.807, 2.05) is 0 Å². The lowest BCUT2D eigenvalue weighted by molar-refractivity contribution is -0.136. The van der Waals surface area contributed by atoms with Gasteiger partial charge in [0.25, 0.3) is 0 Å². The van der Waals surface area contributed by atoms with E-state index in [1.54, 1.807) is 0 Å². The molecule has 0 heterocycles. The molecule has 3 N–H and O–H groups in total. The van der Waals surface area contributed by atoms with Crippen LogP contribution in [0, 0.1) is 17.1 Å². The Morgan fingerprint density at radius 3 is 2.61 bits per heavy atom. The zero-order chi connectivity index (χ0) is 13.7. The van der Waals surface area contributed by atoms with Crippen molar-refractivity contribution < 1.29 is 24.5 Å². The quantitative estimate of drug-likeness (QED) is 0.672. The molecule has 18 heavy (non-hydrogen) atoms. The van der Waals surface area contributed by atoms with Crippen LogP contribution < -0.4 is 0 Å². The van der Waals surface area contributed by atoms with Crippen molar-refractivity contribution in [2.75, 3.05) is 0 Å². The number of aliphatic hydroxyl groups excluding tert-OH is 2. The number of hydrogen-bond acceptors (Lipinski definition) is 4. The van der Waals surface area contributed by atoms with Gasteiger partial charge in [0.1, 0.15) is 11.9 Å². The summed E-state index contributed by atoms with van der Waals surface area (Å²) in [4.78, 5) is 10.4. The fourth-order valence-corrected chi connectivity index (χ4v) is 1.44. The van der Waals surface area contributed by atoms with Crippen LogP contribution in [0.15, 0.2) is 18.2 Å². The van der Waals surface area contributed by atoms with Crippen molar-refractivity contribution in [2.45, 2.75) is 25.0 Å². The second-order valence-corrected chi connectivity index (χ2v) is 3.76. The standard InChI is InChI=1S/C12H12FNO4/c13-9-5-8(12(18)10(15)6-14)2-1-7(9)3-4-11(16)17/h1-2,5,10,12,15,18H,3-4H2,(H,16,17). The molecule has 1 aromatic rings. The maximum Gasteiger partial charge on any atom is 0.303 e. The molecule has 0 radical (unpaired) electrons. The van der Waals surface area contributed by atoms with Gasteiger partial charge in [0.15, 0.2) is 6.10 Å². The number of carboxylic acids is 1. The maximum atomic E-state index is 13.6. The topological polar surface area (TPSA) is 102 Å². The van der Waals surface area contributed by atoms with E-state index in [4.69, 9.17) is 15.5 Å². The number of carbonyl (C=O) groups is 1. The highest BCUT2D eigenvalue weighted by atomic mass is 19.1. The van der Waals surface area contributed by atoms with Gasteiger partial charge in [0.05, 0.1) is 6.07 Å². The number of rotatable bonds is 5. The molecule has 1 rings (SSSR count). The van der Waals surface area contributed by atoms with Crippen molar-refractivity contribution in [3.63, 3.8) is 0 Å². The molecule has 0 aromatic heterocycles. The maximum absolute atomic E-state index is 13.6. The number of aryl methyl sites for hydroxylation is 1. The van der Waals surface area contributed by atoms with E-state index < -0.39 is 24.0 Å². The monoisotopic (exact) mass is 253 g/mol. The van der Waals surface area contributed by atoms with Crippen molar-refractivity contribution in [3.05, 3.63) is 35.1 Å². The Kier molecular flexibility index (Phi) is 4.77. The van der Waals surface area contributed by atoms with E-state index >= 15 is 0 Å². The molecule has 2 unspecified atom stereocenters. The van der Waals surface area contributed by atoms with E-state index in [1.165, 1.54) is 18.2 Å². The summed E-state index contributed by atoms with van der Waals surface area (Å²) in [5.74, 6) is -1.70. The minimum atomic E-state index is -1.63. The normalized spacial score (nSPS) is 13.7. The van der Waals surface area contributed by atoms with Crippen molar-refractivity contribution in [1.82, 2.24) is 0 Å². The largest absolute Gasteiger partial charge is 0.481 e. The van der Waals surface area contributed by atoms with Crippen LogP contribution >= 0.6 is 0 Å². The molecular formula is C12H12FNO4. The van der Waals surface area contributed by atoms with Crippen LogP contribution in [0.1, 0.15) is 23.7 Å². The summed E-state index contributed by atoms with van der Waals surface area (Å²) >= 11 is 0. The van der Waals surface area contributed by atoms with Crippen LogP contribution in [0.4, 0.5) is 4.39 Å². The highest BCUT2D eigenvalue weighted by Crippen LogP contribution is 2.20. The smallest absolute Gasteiger partial charge is 0.303 e. The van der Waals surface area contributed by atoms with E-state index in [0.717, 1.165) is 6.07 Å². The lowest BCUT2D eigenvalue weighted by Gasteiger charge is -2.13. The summed E-state index contributed by atoms with van der Waals surface area (Å²) in [6.45, 7) is 0. The molecule has 1 aromatic carbocycles. The first-order valence-corrected chi connectivity index (χ1v) is 5.21. The Hall–Kier alpha value is -1.97. The van der Waals surface area contributed by atoms with Gasteiger partial charge in [0, 0.05) is 6.42 Å². The fourth-order valence-electron chi connectivity index (χ4n) is 1.44. The van der Waals surface area contributed by atoms with Crippen LogP contribution in [-0.4, -0.2) is 27.4 Å². The summed E-state index contributed by atoms with van der Waals surface area (Å²) < 4.78 is 13.6. The fraction of sp³-hybridized carbons (Fsp3) is 0.333. The number of benzene rings is 1. The highest BCUT2D eigenvalue weighted by Gasteiger charge is 2.19. The van der Waals surface area contributed by atoms with Crippen LogP contribution in [-0.2, 0) is 11.2 Å². The number of carboxylic acid groups (broad SMARTS) is 1. The van der Waals surface area contributed by atoms with Gasteiger partial charge in [-0.3, -0.25) is 4.79 Å². The molecule has 6 heteroatoms. The molecule has 0 aliphatic rings. The zero-order valence-electron chi connectivity index (χ0n) is 9.38. The minimum Gasteiger partial charge on any atom is -0.481 e. The Morgan fingerprint density at radius 2 is 2.11 bits per heavy atom. The SMILES string of the molecule is N#CC(O)C(O)c1ccc(CCC(=O)O)c(F)c1. The second kappa shape index (κ2) is 6.10. The number of aliphatic hydroxyl groups is 2. The van der Waals surface area contributed by atoms with Crippen molar-refractivity contribution >= 4 is 5.97 Å². The summed E-state index contributed by atoms with van der Waals surface area (Å²) in [5.41, 5.74) is 0.278. The third-order valence-corrected chi connectivity index (χ3v) is 2.46. The zero-order valence-corrected chi connectivity index (χ0v) is 9.38. The van der Waals surface area contributed by atoms with Crippen molar-refractivity contribution in [3.8, 4) is 6.07 Å². The lowest BCUT2D eigenvalue weighted by Crippen LogP contribution is -2.16. The van der Waals surface area contributed by atoms with Gasteiger partial charge in [-0.2, -0.15) is 5.26 Å². The molecule has 0 amide bonds. The molecule has 5 nitrogen and oxygen atoms in total. The predicted octanol–water partition coefficient (Wildman–Crippen LogP) is 0.761. The van der Waals surface area contributed by atoms with Gasteiger partial charge in [-0.15, -0.1) is 0 Å². The van der Waals surface area contributed by atoms with Gasteiger partial charge >= 0.3 is 5.97 Å². The van der Waals surface area contributed by atoms with Crippen molar-refractivity contribution in [2.24, 2.45) is 0 Å². The number of aliphatic carboxylic acids is 1. The van der Waals surface area contributed by atoms with E-state index in [0.29, 0.717) is 0 Å². The molecular weight excluding hydrogens is 241 g/mol. The average Bonchev–Trinajstić information content (AvgIpc) is 2.35. The van der Waals surface area contributed by atoms with E-state index in [2.05, 4.69) is 0 Å². The summed E-state index contributed by atoms with van der Waals surface area (Å²) in [6.07, 6.45) is -3.27. The molecule has 0 saturated carbocycles. The average molecular weight is 253 g/mol. The summed E-state index contributed by atoms with van der Waals surface area (Å²) in [6, 6.07) is 5.12. The number of hydrogen-bond donors (Lipinski definition) is 3. The Balaban J connectivity index is 2.85. The third kappa shape index (κ3) is 3.52. The van der Waals surface area contributed by atoms with Gasteiger partial charge in [-0.1, -0.05) is 12.1 Å². The van der Waals surface area contributed by atoms with Gasteiger partial charge in [-0.05, 0) is 23.6 Å². The number of nitrogens with zero attached hydrogens (tertiary/aromatic N) is 1. The molecule has 96 valence electrons. The molecule has 0 aliphatic heterocycles. The van der Waals surface area contributed by atoms with E-state index in [9.17, 15) is 14.3 Å². The van der Waals surface area contributed by atoms with Gasteiger partial charge in [0.2, 0.25) is 0 Å². The first kappa shape index (κ1) is 14.1. The van der Waals surface area contributed by atoms with Gasteiger partial charge < -0.3 is 15.3 Å². The third-order valence-electron chi connectivity index (χ3n) is 2.46. The first-order valence-electron chi connectivity index (χ1n) is 5.21. The van der Waals surface area contributed by atoms with Crippen LogP contribution in [0.25, 0.3) is 0 Å². The Bertz CT molecular complexity index is 483. The number of nitriles is 1. The molecule has 0 spiro atoms. The minimum absolute atomic E-state index is 0.0400. The van der Waals surface area contributed by atoms with Crippen molar-refractivity contribution in [1.29, 1.82) is 5.26 Å². The van der Waals surface area contributed by atoms with Crippen LogP contribution in [0.3, 0.4) is 0 Å². The molecule has 0 bridgehead atoms. The van der Waals surface area contributed by atoms with Gasteiger partial charge in [-0.25, -0.2) is 4.39 Å². The molecule has 0 saturated heterocycles. The van der Waals surface area contributed by atoms with Crippen LogP contribution in [0.2, 0.25) is 0 Å². The molecule has 2 atom stereocenters. The number of halogens is 1. The Labute approximate surface area is 103 Å².